The van der Waals surface area contributed by atoms with E-state index < -0.39 is 0 Å². The average molecular weight is 452 g/mol. The molecule has 3 N–H and O–H groups in total. The molecule has 0 aliphatic rings. The first-order chi connectivity index (χ1) is 11.5. The largest absolute Gasteiger partial charge is 0.370 e. The maximum Gasteiger partial charge on any atom is 0.253 e. The normalized spacial score (nSPS) is 10.8. The molecule has 2 rings (SSSR count). The molecule has 6 heteroatoms. The fraction of sp³-hybridized carbons (Fsp3) is 0.263. The van der Waals surface area contributed by atoms with E-state index in [2.05, 4.69) is 10.3 Å². The van der Waals surface area contributed by atoms with Crippen LogP contribution in [0.1, 0.15) is 21.5 Å². The first-order valence-corrected chi connectivity index (χ1v) is 7.90. The molecular weight excluding hydrogens is 427 g/mol. The van der Waals surface area contributed by atoms with Crippen LogP contribution in [-0.2, 0) is 6.42 Å². The van der Waals surface area contributed by atoms with Gasteiger partial charge in [-0.1, -0.05) is 29.8 Å². The highest BCUT2D eigenvalue weighted by molar-refractivity contribution is 14.0. The van der Waals surface area contributed by atoms with Crippen molar-refractivity contribution in [2.75, 3.05) is 26.0 Å². The molecule has 0 radical (unpaired) electrons. The summed E-state index contributed by atoms with van der Waals surface area (Å²) in [4.78, 5) is 17.9. The van der Waals surface area contributed by atoms with Gasteiger partial charge in [0.25, 0.3) is 5.91 Å². The number of halogens is 1. The standard InChI is InChI=1S/C19H24N4O.HI/c1-14-7-9-17(10-8-14)22-19(20)21-12-11-15-5-4-6-16(13-15)18(24)23(2)3;/h4-10,13H,11-12H2,1-3H3,(H3,20,21,22);1H. The zero-order valence-electron chi connectivity index (χ0n) is 14.8. The first-order valence-electron chi connectivity index (χ1n) is 7.90. The summed E-state index contributed by atoms with van der Waals surface area (Å²) in [6, 6.07) is 15.6. The van der Waals surface area contributed by atoms with E-state index in [0.29, 0.717) is 18.1 Å². The molecule has 1 amide bonds. The number of carbonyl (C=O) groups is 1. The second kappa shape index (κ2) is 10.0. The molecule has 0 saturated carbocycles. The SMILES string of the molecule is Cc1ccc(NC(N)=NCCc2cccc(C(=O)N(C)C)c2)cc1.I. The van der Waals surface area contributed by atoms with Crippen LogP contribution in [0.15, 0.2) is 53.5 Å². The highest BCUT2D eigenvalue weighted by Crippen LogP contribution is 2.09. The predicted molar refractivity (Wildman–Crippen MR) is 115 cm³/mol. The lowest BCUT2D eigenvalue weighted by molar-refractivity contribution is 0.0827. The van der Waals surface area contributed by atoms with Crippen molar-refractivity contribution in [3.63, 3.8) is 0 Å². The van der Waals surface area contributed by atoms with Gasteiger partial charge in [0.1, 0.15) is 0 Å². The van der Waals surface area contributed by atoms with Crippen molar-refractivity contribution in [1.29, 1.82) is 0 Å². The van der Waals surface area contributed by atoms with Crippen LogP contribution in [0.5, 0.6) is 0 Å². The smallest absolute Gasteiger partial charge is 0.253 e. The number of guanidine groups is 1. The summed E-state index contributed by atoms with van der Waals surface area (Å²) in [5.41, 5.74) is 9.77. The zero-order valence-corrected chi connectivity index (χ0v) is 17.2. The summed E-state index contributed by atoms with van der Waals surface area (Å²) in [7, 11) is 3.49. The van der Waals surface area contributed by atoms with Gasteiger partial charge >= 0.3 is 0 Å². The summed E-state index contributed by atoms with van der Waals surface area (Å²) >= 11 is 0. The third-order valence-corrected chi connectivity index (χ3v) is 3.59. The van der Waals surface area contributed by atoms with Crippen molar-refractivity contribution in [2.45, 2.75) is 13.3 Å². The number of hydrogen-bond acceptors (Lipinski definition) is 2. The maximum atomic E-state index is 12.0. The van der Waals surface area contributed by atoms with Gasteiger partial charge in [0.2, 0.25) is 0 Å². The molecule has 0 unspecified atom stereocenters. The molecule has 2 aromatic rings. The Balaban J connectivity index is 0.00000312. The summed E-state index contributed by atoms with van der Waals surface area (Å²) < 4.78 is 0. The van der Waals surface area contributed by atoms with Gasteiger partial charge < -0.3 is 16.0 Å². The van der Waals surface area contributed by atoms with E-state index in [9.17, 15) is 4.79 Å². The molecule has 0 aromatic heterocycles. The van der Waals surface area contributed by atoms with Gasteiger partial charge in [-0.15, -0.1) is 24.0 Å². The number of aliphatic imine (C=N–C) groups is 1. The van der Waals surface area contributed by atoms with E-state index in [-0.39, 0.29) is 29.9 Å². The highest BCUT2D eigenvalue weighted by Gasteiger charge is 2.07. The lowest BCUT2D eigenvalue weighted by Gasteiger charge is -2.11. The minimum Gasteiger partial charge on any atom is -0.370 e. The number of carbonyl (C=O) groups excluding carboxylic acids is 1. The Labute approximate surface area is 166 Å². The lowest BCUT2D eigenvalue weighted by atomic mass is 10.1. The fourth-order valence-corrected chi connectivity index (χ4v) is 2.25. The molecule has 0 aliphatic carbocycles. The third-order valence-electron chi connectivity index (χ3n) is 3.59. The lowest BCUT2D eigenvalue weighted by Crippen LogP contribution is -2.23. The number of anilines is 1. The Morgan fingerprint density at radius 2 is 1.84 bits per heavy atom. The molecule has 0 bridgehead atoms. The van der Waals surface area contributed by atoms with Gasteiger partial charge in [-0.25, -0.2) is 0 Å². The number of amides is 1. The third kappa shape index (κ3) is 6.74. The van der Waals surface area contributed by atoms with Gasteiger partial charge in [0.15, 0.2) is 5.96 Å². The molecule has 0 heterocycles. The van der Waals surface area contributed by atoms with Crippen LogP contribution in [0.4, 0.5) is 5.69 Å². The number of aryl methyl sites for hydroxylation is 1. The quantitative estimate of drug-likeness (QED) is 0.416. The van der Waals surface area contributed by atoms with Crippen LogP contribution in [0.2, 0.25) is 0 Å². The average Bonchev–Trinajstić information content (AvgIpc) is 2.56. The fourth-order valence-electron chi connectivity index (χ4n) is 2.25. The number of benzene rings is 2. The first kappa shape index (κ1) is 21.0. The van der Waals surface area contributed by atoms with Gasteiger partial charge in [-0.3, -0.25) is 9.79 Å². The summed E-state index contributed by atoms with van der Waals surface area (Å²) in [6.07, 6.45) is 0.727. The van der Waals surface area contributed by atoms with Crippen molar-refractivity contribution in [3.8, 4) is 0 Å². The van der Waals surface area contributed by atoms with Crippen molar-refractivity contribution in [3.05, 3.63) is 65.2 Å². The Morgan fingerprint density at radius 1 is 1.16 bits per heavy atom. The van der Waals surface area contributed by atoms with Crippen molar-refractivity contribution >= 4 is 41.5 Å². The monoisotopic (exact) mass is 452 g/mol. The maximum absolute atomic E-state index is 12.0. The van der Waals surface area contributed by atoms with E-state index in [1.54, 1.807) is 19.0 Å². The molecule has 0 spiro atoms. The molecule has 0 fully saturated rings. The molecule has 5 nitrogen and oxygen atoms in total. The highest BCUT2D eigenvalue weighted by atomic mass is 127. The van der Waals surface area contributed by atoms with Crippen LogP contribution < -0.4 is 11.1 Å². The Kier molecular flexibility index (Phi) is 8.40. The molecular formula is C19H25IN4O. The second-order valence-corrected chi connectivity index (χ2v) is 5.91. The number of hydrogen-bond donors (Lipinski definition) is 2. The predicted octanol–water partition coefficient (Wildman–Crippen LogP) is 3.28. The number of nitrogens with one attached hydrogen (secondary N) is 1. The summed E-state index contributed by atoms with van der Waals surface area (Å²) in [5, 5.41) is 3.07. The summed E-state index contributed by atoms with van der Waals surface area (Å²) in [6.45, 7) is 2.60. The van der Waals surface area contributed by atoms with Gasteiger partial charge in [-0.2, -0.15) is 0 Å². The van der Waals surface area contributed by atoms with Crippen molar-refractivity contribution < 1.29 is 4.79 Å². The van der Waals surface area contributed by atoms with Crippen LogP contribution in [0.25, 0.3) is 0 Å². The van der Waals surface area contributed by atoms with Crippen LogP contribution in [0.3, 0.4) is 0 Å². The van der Waals surface area contributed by atoms with E-state index in [4.69, 9.17) is 5.73 Å². The van der Waals surface area contributed by atoms with Crippen LogP contribution in [-0.4, -0.2) is 37.4 Å². The molecule has 2 aromatic carbocycles. The van der Waals surface area contributed by atoms with Gasteiger partial charge in [0, 0.05) is 31.9 Å². The topological polar surface area (TPSA) is 70.7 Å². The number of rotatable bonds is 5. The molecule has 25 heavy (non-hydrogen) atoms. The Morgan fingerprint density at radius 3 is 2.48 bits per heavy atom. The second-order valence-electron chi connectivity index (χ2n) is 5.91. The van der Waals surface area contributed by atoms with Crippen LogP contribution >= 0.6 is 24.0 Å². The Hall–Kier alpha value is -2.09. The molecule has 0 saturated heterocycles. The molecule has 0 atom stereocenters. The van der Waals surface area contributed by atoms with Crippen molar-refractivity contribution in [2.24, 2.45) is 10.7 Å². The Bertz CT molecular complexity index is 726. The number of nitrogens with two attached hydrogens (primary N) is 1. The number of nitrogens with zero attached hydrogens (tertiary/aromatic N) is 2. The van der Waals surface area contributed by atoms with E-state index in [1.807, 2.05) is 55.5 Å². The molecule has 0 aliphatic heterocycles. The van der Waals surface area contributed by atoms with E-state index in [0.717, 1.165) is 17.7 Å². The minimum atomic E-state index is 0. The molecule has 134 valence electrons. The van der Waals surface area contributed by atoms with Crippen LogP contribution in [0, 0.1) is 6.92 Å². The summed E-state index contributed by atoms with van der Waals surface area (Å²) in [5.74, 6) is 0.389. The van der Waals surface area contributed by atoms with Crippen molar-refractivity contribution in [1.82, 2.24) is 4.90 Å². The van der Waals surface area contributed by atoms with E-state index in [1.165, 1.54) is 5.56 Å². The van der Waals surface area contributed by atoms with Gasteiger partial charge in [-0.05, 0) is 43.2 Å². The van der Waals surface area contributed by atoms with Gasteiger partial charge in [0.05, 0.1) is 0 Å². The van der Waals surface area contributed by atoms with E-state index >= 15 is 0 Å². The zero-order chi connectivity index (χ0) is 17.5. The minimum absolute atomic E-state index is 0.